The summed E-state index contributed by atoms with van der Waals surface area (Å²) in [5.74, 6) is -6.61. The van der Waals surface area contributed by atoms with Gasteiger partial charge in [-0.15, -0.1) is 0 Å². The number of carbonyl (C=O) groups excluding carboxylic acids is 3. The van der Waals surface area contributed by atoms with Gasteiger partial charge >= 0.3 is 5.97 Å². The Balaban J connectivity index is 1.74. The smallest absolute Gasteiger partial charge is 0.305 e. The summed E-state index contributed by atoms with van der Waals surface area (Å²) in [4.78, 5) is 75.0. The van der Waals surface area contributed by atoms with Crippen LogP contribution in [0.4, 0.5) is 20.2 Å². The number of non-ortho nitro benzene ring substituents is 2. The third-order valence-electron chi connectivity index (χ3n) is 6.52. The van der Waals surface area contributed by atoms with Gasteiger partial charge in [-0.1, -0.05) is 18.2 Å². The highest BCUT2D eigenvalue weighted by Crippen LogP contribution is 2.26. The van der Waals surface area contributed by atoms with Crippen LogP contribution in [0.1, 0.15) is 38.7 Å². The number of carboxylic acid groups (broad SMARTS) is 1. The van der Waals surface area contributed by atoms with Crippen LogP contribution >= 0.6 is 0 Å². The molecule has 3 aromatic rings. The first-order valence-electron chi connectivity index (χ1n) is 12.4. The molecular formula is C27H21F2N5O9. The van der Waals surface area contributed by atoms with Gasteiger partial charge in [-0.3, -0.25) is 39.4 Å². The maximum Gasteiger partial charge on any atom is 0.305 e. The second kappa shape index (κ2) is 12.4. The molecule has 0 radical (unpaired) electrons. The van der Waals surface area contributed by atoms with E-state index < -0.39 is 80.7 Å². The highest BCUT2D eigenvalue weighted by atomic mass is 19.1. The predicted octanol–water partition coefficient (Wildman–Crippen LogP) is 3.04. The molecule has 222 valence electrons. The molecule has 1 saturated heterocycles. The number of nitro benzene ring substituents is 2. The minimum Gasteiger partial charge on any atom is -0.481 e. The van der Waals surface area contributed by atoms with Crippen LogP contribution in [0.25, 0.3) is 0 Å². The Labute approximate surface area is 240 Å². The van der Waals surface area contributed by atoms with Crippen LogP contribution in [0.3, 0.4) is 0 Å². The number of nitrogens with one attached hydrogen (secondary N) is 1. The lowest BCUT2D eigenvalue weighted by Crippen LogP contribution is -2.54. The summed E-state index contributed by atoms with van der Waals surface area (Å²) in [6.07, 6.45) is -2.55. The molecule has 3 amide bonds. The Morgan fingerprint density at radius 3 is 1.93 bits per heavy atom. The number of amides is 3. The van der Waals surface area contributed by atoms with Crippen LogP contribution in [0.5, 0.6) is 0 Å². The van der Waals surface area contributed by atoms with Crippen molar-refractivity contribution in [3.63, 3.8) is 0 Å². The van der Waals surface area contributed by atoms with Crippen molar-refractivity contribution < 1.29 is 42.9 Å². The standard InChI is InChI=1S/C27H21F2N5O9/c28-18-9-17(10-19(29)13-18)27(39)32-8-7-31(26(38)16-4-2-6-21(12-16)34(42)43)25(32)24(37)30-22(14-23(35)36)15-3-1-5-20(11-15)33(40)41/h1-6,9-13,22,25H,7-8,14H2,(H,30,37)(H,35,36). The molecule has 2 atom stereocenters. The highest BCUT2D eigenvalue weighted by Gasteiger charge is 2.44. The molecule has 43 heavy (non-hydrogen) atoms. The van der Waals surface area contributed by atoms with Crippen molar-refractivity contribution in [1.82, 2.24) is 15.1 Å². The molecule has 0 aliphatic carbocycles. The van der Waals surface area contributed by atoms with Crippen molar-refractivity contribution in [3.8, 4) is 0 Å². The van der Waals surface area contributed by atoms with E-state index in [9.17, 15) is 53.3 Å². The summed E-state index contributed by atoms with van der Waals surface area (Å²) in [7, 11) is 0. The van der Waals surface area contributed by atoms with Gasteiger partial charge in [0.05, 0.1) is 22.3 Å². The number of hydrogen-bond acceptors (Lipinski definition) is 8. The molecular weight excluding hydrogens is 576 g/mol. The van der Waals surface area contributed by atoms with E-state index in [1.807, 2.05) is 0 Å². The topological polar surface area (TPSA) is 193 Å². The van der Waals surface area contributed by atoms with E-state index in [1.54, 1.807) is 0 Å². The van der Waals surface area contributed by atoms with Gasteiger partial charge in [0, 0.05) is 54.5 Å². The Morgan fingerprint density at radius 1 is 0.837 bits per heavy atom. The number of halogens is 2. The second-order valence-corrected chi connectivity index (χ2v) is 9.35. The summed E-state index contributed by atoms with van der Waals surface area (Å²) in [6.45, 7) is -0.598. The fourth-order valence-corrected chi connectivity index (χ4v) is 4.63. The fourth-order valence-electron chi connectivity index (χ4n) is 4.63. The molecule has 0 saturated carbocycles. The lowest BCUT2D eigenvalue weighted by Gasteiger charge is -2.31. The summed E-state index contributed by atoms with van der Waals surface area (Å²) >= 11 is 0. The largest absolute Gasteiger partial charge is 0.481 e. The van der Waals surface area contributed by atoms with Crippen molar-refractivity contribution in [1.29, 1.82) is 0 Å². The zero-order valence-electron chi connectivity index (χ0n) is 21.9. The number of aliphatic carboxylic acids is 1. The van der Waals surface area contributed by atoms with E-state index >= 15 is 0 Å². The van der Waals surface area contributed by atoms with Crippen molar-refractivity contribution in [2.24, 2.45) is 0 Å². The van der Waals surface area contributed by atoms with Crippen molar-refractivity contribution in [2.75, 3.05) is 13.1 Å². The summed E-state index contributed by atoms with van der Waals surface area (Å²) in [5.41, 5.74) is -1.49. The van der Waals surface area contributed by atoms with E-state index in [1.165, 1.54) is 24.3 Å². The summed E-state index contributed by atoms with van der Waals surface area (Å²) < 4.78 is 27.8. The minimum absolute atomic E-state index is 0.0320. The Kier molecular flexibility index (Phi) is 8.68. The van der Waals surface area contributed by atoms with E-state index in [4.69, 9.17) is 0 Å². The van der Waals surface area contributed by atoms with Crippen LogP contribution in [-0.4, -0.2) is 67.7 Å². The first kappa shape index (κ1) is 30.2. The van der Waals surface area contributed by atoms with Crippen LogP contribution in [0.2, 0.25) is 0 Å². The van der Waals surface area contributed by atoms with Gasteiger partial charge in [0.25, 0.3) is 29.1 Å². The molecule has 0 bridgehead atoms. The average Bonchev–Trinajstić information content (AvgIpc) is 3.40. The number of nitrogens with zero attached hydrogens (tertiary/aromatic N) is 4. The van der Waals surface area contributed by atoms with Crippen LogP contribution in [0, 0.1) is 31.9 Å². The zero-order chi connectivity index (χ0) is 31.4. The maximum absolute atomic E-state index is 13.9. The third-order valence-corrected chi connectivity index (χ3v) is 6.52. The van der Waals surface area contributed by atoms with E-state index in [-0.39, 0.29) is 24.2 Å². The lowest BCUT2D eigenvalue weighted by atomic mass is 10.0. The first-order valence-corrected chi connectivity index (χ1v) is 12.4. The fraction of sp³-hybridized carbons (Fsp3) is 0.185. The first-order chi connectivity index (χ1) is 20.3. The molecule has 14 nitrogen and oxygen atoms in total. The highest BCUT2D eigenvalue weighted by molar-refractivity contribution is 6.02. The van der Waals surface area contributed by atoms with Gasteiger partial charge < -0.3 is 20.2 Å². The lowest BCUT2D eigenvalue weighted by molar-refractivity contribution is -0.385. The monoisotopic (exact) mass is 597 g/mol. The van der Waals surface area contributed by atoms with E-state index in [0.29, 0.717) is 6.07 Å². The minimum atomic E-state index is -1.81. The summed E-state index contributed by atoms with van der Waals surface area (Å²) in [5, 5.41) is 34.4. The number of benzene rings is 3. The predicted molar refractivity (Wildman–Crippen MR) is 142 cm³/mol. The normalized spacial score (nSPS) is 15.1. The number of nitro groups is 2. The number of carbonyl (C=O) groups is 4. The van der Waals surface area contributed by atoms with Gasteiger partial charge in [0.1, 0.15) is 11.6 Å². The SMILES string of the molecule is O=C(O)CC(NC(=O)C1N(C(=O)c2cc(F)cc(F)c2)CCN1C(=O)c1cccc([N+](=O)[O-])c1)c1cccc([N+](=O)[O-])c1. The molecule has 16 heteroatoms. The molecule has 0 aromatic heterocycles. The van der Waals surface area contributed by atoms with Crippen molar-refractivity contribution in [2.45, 2.75) is 18.6 Å². The number of carboxylic acids is 1. The van der Waals surface area contributed by atoms with E-state index in [0.717, 1.165) is 46.2 Å². The van der Waals surface area contributed by atoms with Gasteiger partial charge in [-0.2, -0.15) is 0 Å². The molecule has 1 heterocycles. The Hall–Kier alpha value is -5.80. The molecule has 1 fully saturated rings. The average molecular weight is 597 g/mol. The van der Waals surface area contributed by atoms with Gasteiger partial charge in [0.2, 0.25) is 0 Å². The molecule has 3 aromatic carbocycles. The van der Waals surface area contributed by atoms with Gasteiger partial charge in [-0.25, -0.2) is 8.78 Å². The van der Waals surface area contributed by atoms with Crippen molar-refractivity contribution in [3.05, 3.63) is 115 Å². The molecule has 2 unspecified atom stereocenters. The quantitative estimate of drug-likeness (QED) is 0.275. The number of rotatable bonds is 9. The molecule has 1 aliphatic rings. The molecule has 1 aliphatic heterocycles. The van der Waals surface area contributed by atoms with E-state index in [2.05, 4.69) is 5.32 Å². The molecule has 0 spiro atoms. The summed E-state index contributed by atoms with van der Waals surface area (Å²) in [6, 6.07) is 9.98. The van der Waals surface area contributed by atoms with Crippen LogP contribution < -0.4 is 5.32 Å². The van der Waals surface area contributed by atoms with Crippen molar-refractivity contribution >= 4 is 35.1 Å². The van der Waals surface area contributed by atoms with Gasteiger partial charge in [-0.05, 0) is 23.8 Å². The Morgan fingerprint density at radius 2 is 1.37 bits per heavy atom. The second-order valence-electron chi connectivity index (χ2n) is 9.35. The van der Waals surface area contributed by atoms with Crippen LogP contribution in [-0.2, 0) is 9.59 Å². The van der Waals surface area contributed by atoms with Crippen LogP contribution in [0.15, 0.2) is 66.7 Å². The zero-order valence-corrected chi connectivity index (χ0v) is 21.9. The number of hydrogen-bond donors (Lipinski definition) is 2. The third kappa shape index (κ3) is 6.75. The van der Waals surface area contributed by atoms with Gasteiger partial charge in [0.15, 0.2) is 6.17 Å². The molecule has 4 rings (SSSR count). The Bertz CT molecular complexity index is 1630. The molecule has 2 N–H and O–H groups in total. The maximum atomic E-state index is 13.9.